The molecule has 66 heavy (non-hydrogen) atoms. The van der Waals surface area contributed by atoms with Crippen LogP contribution >= 0.6 is 0 Å². The van der Waals surface area contributed by atoms with Crippen LogP contribution in [0.15, 0.2) is 36.5 Å². The van der Waals surface area contributed by atoms with Crippen molar-refractivity contribution in [1.82, 2.24) is 5.32 Å². The Kier molecular flexibility index (Phi) is 44.6. The van der Waals surface area contributed by atoms with Gasteiger partial charge in [0, 0.05) is 6.42 Å². The molecule has 0 saturated carbocycles. The largest absolute Gasteiger partial charge is 0.394 e. The van der Waals surface area contributed by atoms with Gasteiger partial charge >= 0.3 is 0 Å². The standard InChI is InChI=1S/C57H107NO8/c1-3-5-7-9-11-13-15-17-19-21-23-25-27-28-30-32-34-36-38-40-42-44-46-51(60)50(49-65-57-56(64)55(63)54(62)52(48-59)66-57)58-53(61)47-45-43-41-39-37-35-33-31-29-26-24-22-20-18-16-14-12-10-8-6-4-2/h26,29,36,38,44,46,50-52,54-57,59-60,62-64H,3-25,27-28,30-35,37,39-43,45,47-49H2,1-2H3,(H,58,61)/b29-26-,38-36+,46-44+. The van der Waals surface area contributed by atoms with Gasteiger partial charge < -0.3 is 40.3 Å². The first-order chi connectivity index (χ1) is 32.3. The molecule has 0 spiro atoms. The number of hydrogen-bond donors (Lipinski definition) is 6. The SMILES string of the molecule is CCCCCCCCCCCC/C=C\CCCCCCCCCC(=O)NC(COC1OC(CO)C(O)C(O)C1O)C(O)/C=C/CC/C=C/CCCCCCCCCCCCCCCCCC. The van der Waals surface area contributed by atoms with E-state index in [1.165, 1.54) is 193 Å². The third-order valence-corrected chi connectivity index (χ3v) is 13.4. The van der Waals surface area contributed by atoms with E-state index < -0.39 is 49.5 Å². The lowest BCUT2D eigenvalue weighted by molar-refractivity contribution is -0.302. The zero-order valence-corrected chi connectivity index (χ0v) is 43.0. The number of allylic oxidation sites excluding steroid dienone is 5. The Hall–Kier alpha value is -1.59. The van der Waals surface area contributed by atoms with Gasteiger partial charge in [-0.05, 0) is 57.8 Å². The summed E-state index contributed by atoms with van der Waals surface area (Å²) in [7, 11) is 0. The molecule has 1 saturated heterocycles. The number of amides is 1. The summed E-state index contributed by atoms with van der Waals surface area (Å²) in [4.78, 5) is 13.0. The number of rotatable bonds is 48. The number of aliphatic hydroxyl groups is 5. The second-order valence-corrected chi connectivity index (χ2v) is 19.7. The van der Waals surface area contributed by atoms with Crippen molar-refractivity contribution in [2.24, 2.45) is 0 Å². The van der Waals surface area contributed by atoms with E-state index in [1.54, 1.807) is 6.08 Å². The average molecular weight is 934 g/mol. The molecule has 1 aliphatic heterocycles. The third-order valence-electron chi connectivity index (χ3n) is 13.4. The number of unbranched alkanes of at least 4 members (excludes halogenated alkanes) is 34. The summed E-state index contributed by atoms with van der Waals surface area (Å²) < 4.78 is 11.3. The molecule has 0 aliphatic carbocycles. The molecular formula is C57H107NO8. The highest BCUT2D eigenvalue weighted by molar-refractivity contribution is 5.76. The maximum atomic E-state index is 13.0. The van der Waals surface area contributed by atoms with E-state index in [9.17, 15) is 30.3 Å². The highest BCUT2D eigenvalue weighted by Gasteiger charge is 2.44. The van der Waals surface area contributed by atoms with Gasteiger partial charge in [0.1, 0.15) is 24.4 Å². The maximum absolute atomic E-state index is 13.0. The van der Waals surface area contributed by atoms with Gasteiger partial charge in [-0.1, -0.05) is 237 Å². The van der Waals surface area contributed by atoms with E-state index in [1.807, 2.05) is 6.08 Å². The Balaban J connectivity index is 2.27. The zero-order chi connectivity index (χ0) is 48.0. The Morgan fingerprint density at radius 3 is 1.27 bits per heavy atom. The van der Waals surface area contributed by atoms with Crippen molar-refractivity contribution in [1.29, 1.82) is 0 Å². The highest BCUT2D eigenvalue weighted by atomic mass is 16.7. The van der Waals surface area contributed by atoms with Crippen LogP contribution < -0.4 is 5.32 Å². The van der Waals surface area contributed by atoms with Crippen LogP contribution in [0.5, 0.6) is 0 Å². The lowest BCUT2D eigenvalue weighted by Crippen LogP contribution is -2.60. The fourth-order valence-corrected chi connectivity index (χ4v) is 8.93. The van der Waals surface area contributed by atoms with Crippen molar-refractivity contribution >= 4 is 5.91 Å². The second-order valence-electron chi connectivity index (χ2n) is 19.7. The first kappa shape index (κ1) is 62.4. The Labute approximate surface area is 406 Å². The molecule has 1 amide bonds. The van der Waals surface area contributed by atoms with Crippen LogP contribution in [0.2, 0.25) is 0 Å². The van der Waals surface area contributed by atoms with Gasteiger partial charge in [-0.2, -0.15) is 0 Å². The van der Waals surface area contributed by atoms with Crippen molar-refractivity contribution in [2.45, 2.75) is 307 Å². The molecule has 9 nitrogen and oxygen atoms in total. The lowest BCUT2D eigenvalue weighted by Gasteiger charge is -2.40. The van der Waals surface area contributed by atoms with Gasteiger partial charge in [0.05, 0.1) is 25.4 Å². The summed E-state index contributed by atoms with van der Waals surface area (Å²) in [5, 5.41) is 54.4. The van der Waals surface area contributed by atoms with Crippen LogP contribution in [0, 0.1) is 0 Å². The monoisotopic (exact) mass is 934 g/mol. The molecule has 0 aromatic rings. The Morgan fingerprint density at radius 1 is 0.500 bits per heavy atom. The van der Waals surface area contributed by atoms with Gasteiger partial charge in [0.25, 0.3) is 0 Å². The molecular weight excluding hydrogens is 827 g/mol. The van der Waals surface area contributed by atoms with Crippen molar-refractivity contribution in [3.63, 3.8) is 0 Å². The van der Waals surface area contributed by atoms with Crippen molar-refractivity contribution in [3.05, 3.63) is 36.5 Å². The fraction of sp³-hybridized carbons (Fsp3) is 0.877. The van der Waals surface area contributed by atoms with E-state index in [0.717, 1.165) is 51.4 Å². The average Bonchev–Trinajstić information content (AvgIpc) is 3.32. The molecule has 7 unspecified atom stereocenters. The van der Waals surface area contributed by atoms with Crippen molar-refractivity contribution in [3.8, 4) is 0 Å². The maximum Gasteiger partial charge on any atom is 0.220 e. The first-order valence-corrected chi connectivity index (χ1v) is 28.2. The molecule has 1 aliphatic rings. The summed E-state index contributed by atoms with van der Waals surface area (Å²) in [6.45, 7) is 3.79. The number of carbonyl (C=O) groups is 1. The molecule has 0 bridgehead atoms. The zero-order valence-electron chi connectivity index (χ0n) is 43.0. The fourth-order valence-electron chi connectivity index (χ4n) is 8.93. The molecule has 0 aromatic carbocycles. The van der Waals surface area contributed by atoms with E-state index >= 15 is 0 Å². The molecule has 9 heteroatoms. The van der Waals surface area contributed by atoms with E-state index in [-0.39, 0.29) is 12.5 Å². The number of aliphatic hydroxyl groups excluding tert-OH is 5. The second kappa shape index (κ2) is 47.1. The van der Waals surface area contributed by atoms with Crippen LogP contribution in [0.4, 0.5) is 0 Å². The van der Waals surface area contributed by atoms with E-state index in [4.69, 9.17) is 9.47 Å². The number of nitrogens with one attached hydrogen (secondary N) is 1. The molecule has 1 rings (SSSR count). The van der Waals surface area contributed by atoms with Crippen molar-refractivity contribution in [2.75, 3.05) is 13.2 Å². The smallest absolute Gasteiger partial charge is 0.220 e. The minimum atomic E-state index is -1.57. The van der Waals surface area contributed by atoms with Crippen LogP contribution in [-0.2, 0) is 14.3 Å². The predicted octanol–water partition coefficient (Wildman–Crippen LogP) is 13.6. The number of ether oxygens (including phenoxy) is 2. The van der Waals surface area contributed by atoms with Gasteiger partial charge in [-0.15, -0.1) is 0 Å². The van der Waals surface area contributed by atoms with Gasteiger partial charge in [-0.3, -0.25) is 4.79 Å². The minimum absolute atomic E-state index is 0.188. The van der Waals surface area contributed by atoms with Gasteiger partial charge in [0.15, 0.2) is 6.29 Å². The Morgan fingerprint density at radius 2 is 0.864 bits per heavy atom. The first-order valence-electron chi connectivity index (χ1n) is 28.2. The summed E-state index contributed by atoms with van der Waals surface area (Å²) >= 11 is 0. The van der Waals surface area contributed by atoms with E-state index in [2.05, 4.69) is 43.5 Å². The normalized spacial score (nSPS) is 20.0. The van der Waals surface area contributed by atoms with Gasteiger partial charge in [-0.25, -0.2) is 0 Å². The van der Waals surface area contributed by atoms with E-state index in [0.29, 0.717) is 6.42 Å². The number of carbonyl (C=O) groups excluding carboxylic acids is 1. The highest BCUT2D eigenvalue weighted by Crippen LogP contribution is 2.23. The molecule has 0 radical (unpaired) electrons. The van der Waals surface area contributed by atoms with Crippen molar-refractivity contribution < 1.29 is 39.8 Å². The summed E-state index contributed by atoms with van der Waals surface area (Å²) in [6.07, 6.45) is 53.5. The molecule has 1 heterocycles. The van der Waals surface area contributed by atoms with Crippen LogP contribution in [0.1, 0.15) is 264 Å². The molecule has 1 fully saturated rings. The quantitative estimate of drug-likeness (QED) is 0.0261. The summed E-state index contributed by atoms with van der Waals surface area (Å²) in [5.74, 6) is -0.188. The minimum Gasteiger partial charge on any atom is -0.394 e. The Bertz CT molecular complexity index is 1130. The summed E-state index contributed by atoms with van der Waals surface area (Å²) in [6, 6.07) is -0.824. The van der Waals surface area contributed by atoms with Crippen LogP contribution in [0.25, 0.3) is 0 Å². The van der Waals surface area contributed by atoms with Crippen LogP contribution in [-0.4, -0.2) is 87.5 Å². The predicted molar refractivity (Wildman–Crippen MR) is 276 cm³/mol. The number of hydrogen-bond acceptors (Lipinski definition) is 8. The van der Waals surface area contributed by atoms with Crippen LogP contribution in [0.3, 0.4) is 0 Å². The molecule has 7 atom stereocenters. The molecule has 388 valence electrons. The molecule has 0 aromatic heterocycles. The van der Waals surface area contributed by atoms with Gasteiger partial charge in [0.2, 0.25) is 5.91 Å². The molecule has 6 N–H and O–H groups in total. The topological polar surface area (TPSA) is 149 Å². The summed E-state index contributed by atoms with van der Waals surface area (Å²) in [5.41, 5.74) is 0. The third kappa shape index (κ3) is 36.4. The lowest BCUT2D eigenvalue weighted by atomic mass is 9.99.